The van der Waals surface area contributed by atoms with Gasteiger partial charge in [0.15, 0.2) is 10.8 Å². The van der Waals surface area contributed by atoms with Gasteiger partial charge in [-0.2, -0.15) is 0 Å². The lowest BCUT2D eigenvalue weighted by Gasteiger charge is -2.10. The van der Waals surface area contributed by atoms with Crippen molar-refractivity contribution in [3.63, 3.8) is 0 Å². The quantitative estimate of drug-likeness (QED) is 0.847. The highest BCUT2D eigenvalue weighted by Crippen LogP contribution is 2.23. The van der Waals surface area contributed by atoms with Crippen LogP contribution in [0.2, 0.25) is 0 Å². The maximum absolute atomic E-state index is 12.2. The van der Waals surface area contributed by atoms with Gasteiger partial charge in [-0.25, -0.2) is 18.1 Å². The van der Waals surface area contributed by atoms with Crippen molar-refractivity contribution in [3.05, 3.63) is 40.5 Å². The number of ether oxygens (including phenoxy) is 1. The second-order valence-corrected chi connectivity index (χ2v) is 8.73. The van der Waals surface area contributed by atoms with E-state index in [1.807, 2.05) is 22.9 Å². The fourth-order valence-corrected chi connectivity index (χ4v) is 4.56. The van der Waals surface area contributed by atoms with Crippen molar-refractivity contribution in [1.82, 2.24) is 9.71 Å². The number of amides is 1. The van der Waals surface area contributed by atoms with E-state index in [-0.39, 0.29) is 10.8 Å². The summed E-state index contributed by atoms with van der Waals surface area (Å²) < 4.78 is 31.9. The van der Waals surface area contributed by atoms with Gasteiger partial charge >= 0.3 is 0 Å². The van der Waals surface area contributed by atoms with E-state index in [1.54, 1.807) is 19.9 Å². The number of nitrogens with zero attached hydrogens (tertiary/aromatic N) is 1. The molecule has 0 saturated heterocycles. The molecule has 1 aromatic carbocycles. The minimum Gasteiger partial charge on any atom is -0.484 e. The summed E-state index contributed by atoms with van der Waals surface area (Å²) in [5, 5.41) is 0.627. The maximum Gasteiger partial charge on any atom is 0.275 e. The van der Waals surface area contributed by atoms with Crippen LogP contribution in [0, 0.1) is 13.8 Å². The predicted octanol–water partition coefficient (Wildman–Crippen LogP) is 2.77. The van der Waals surface area contributed by atoms with Crippen molar-refractivity contribution in [1.29, 1.82) is 0 Å². The number of carbonyl (C=O) groups excluding carboxylic acids is 1. The summed E-state index contributed by atoms with van der Waals surface area (Å²) in [7, 11) is -3.92. The third-order valence-corrected chi connectivity index (χ3v) is 6.30. The molecule has 0 unspecified atom stereocenters. The third kappa shape index (κ3) is 4.55. The molecule has 0 fully saturated rings. The first-order valence-electron chi connectivity index (χ1n) is 7.41. The van der Waals surface area contributed by atoms with Gasteiger partial charge in [-0.3, -0.25) is 4.79 Å². The normalized spacial score (nSPS) is 11.5. The fourth-order valence-electron chi connectivity index (χ4n) is 2.10. The van der Waals surface area contributed by atoms with Crippen molar-refractivity contribution >= 4 is 27.3 Å². The molecule has 0 saturated carbocycles. The van der Waals surface area contributed by atoms with Crippen LogP contribution in [0.25, 0.3) is 0 Å². The summed E-state index contributed by atoms with van der Waals surface area (Å²) in [5.74, 6) is 0.134. The van der Waals surface area contributed by atoms with Crippen LogP contribution >= 0.6 is 11.3 Å². The van der Waals surface area contributed by atoms with Gasteiger partial charge in [-0.15, -0.1) is 11.3 Å². The van der Waals surface area contributed by atoms with E-state index >= 15 is 0 Å². The van der Waals surface area contributed by atoms with Gasteiger partial charge in [0.1, 0.15) is 5.75 Å². The number of hydrogen-bond donors (Lipinski definition) is 1. The Morgan fingerprint density at radius 3 is 2.62 bits per heavy atom. The zero-order valence-electron chi connectivity index (χ0n) is 14.0. The molecule has 0 bridgehead atoms. The Balaban J connectivity index is 2.01. The van der Waals surface area contributed by atoms with E-state index in [0.717, 1.165) is 16.9 Å². The van der Waals surface area contributed by atoms with Gasteiger partial charge in [0, 0.05) is 0 Å². The van der Waals surface area contributed by atoms with E-state index in [2.05, 4.69) is 18.8 Å². The summed E-state index contributed by atoms with van der Waals surface area (Å²) in [6.07, 6.45) is 0. The molecule has 8 heteroatoms. The molecule has 1 amide bonds. The molecule has 1 heterocycles. The molecule has 0 aliphatic heterocycles. The summed E-state index contributed by atoms with van der Waals surface area (Å²) in [4.78, 5) is 16.0. The minimum atomic E-state index is -3.92. The number of benzene rings is 1. The van der Waals surface area contributed by atoms with E-state index in [9.17, 15) is 13.2 Å². The van der Waals surface area contributed by atoms with Gasteiger partial charge in [-0.05, 0) is 37.5 Å². The van der Waals surface area contributed by atoms with Crippen LogP contribution in [0.1, 0.15) is 36.0 Å². The summed E-state index contributed by atoms with van der Waals surface area (Å²) in [6.45, 7) is 7.03. The van der Waals surface area contributed by atoms with Gasteiger partial charge in [-0.1, -0.05) is 26.0 Å². The lowest BCUT2D eigenvalue weighted by molar-refractivity contribution is -0.121. The summed E-state index contributed by atoms with van der Waals surface area (Å²) in [6, 6.07) is 7.37. The van der Waals surface area contributed by atoms with E-state index in [0.29, 0.717) is 22.4 Å². The van der Waals surface area contributed by atoms with Crippen molar-refractivity contribution in [2.75, 3.05) is 6.61 Å². The molecule has 0 aliphatic rings. The van der Waals surface area contributed by atoms with Crippen LogP contribution in [0.5, 0.6) is 5.75 Å². The Kier molecular flexibility index (Phi) is 5.61. The van der Waals surface area contributed by atoms with Gasteiger partial charge in [0.2, 0.25) is 0 Å². The Hall–Kier alpha value is -1.93. The topological polar surface area (TPSA) is 85.4 Å². The SMILES string of the molecule is Cc1nc(C)c(S(=O)(=O)NC(=O)COc2cccc(C(C)C)c2)s1. The fraction of sp³-hybridized carbons (Fsp3) is 0.375. The molecule has 2 rings (SSSR count). The molecule has 6 nitrogen and oxygen atoms in total. The Morgan fingerprint density at radius 1 is 1.33 bits per heavy atom. The molecule has 1 aromatic heterocycles. The summed E-state index contributed by atoms with van der Waals surface area (Å²) >= 11 is 1.03. The molecule has 24 heavy (non-hydrogen) atoms. The maximum atomic E-state index is 12.2. The van der Waals surface area contributed by atoms with E-state index < -0.39 is 15.9 Å². The minimum absolute atomic E-state index is 0.0511. The highest BCUT2D eigenvalue weighted by atomic mass is 32.2. The standard InChI is InChI=1S/C16H20N2O4S2/c1-10(2)13-6-5-7-14(8-13)22-9-15(19)18-24(20,21)16-11(3)17-12(4)23-16/h5-8,10H,9H2,1-4H3,(H,18,19). The number of nitrogens with one attached hydrogen (secondary N) is 1. The first-order valence-corrected chi connectivity index (χ1v) is 9.71. The van der Waals surface area contributed by atoms with E-state index in [4.69, 9.17) is 4.74 Å². The van der Waals surface area contributed by atoms with Crippen LogP contribution in [-0.2, 0) is 14.8 Å². The van der Waals surface area contributed by atoms with Gasteiger partial charge < -0.3 is 4.74 Å². The van der Waals surface area contributed by atoms with Crippen LogP contribution < -0.4 is 9.46 Å². The van der Waals surface area contributed by atoms with Crippen molar-refractivity contribution < 1.29 is 17.9 Å². The number of aromatic nitrogens is 1. The monoisotopic (exact) mass is 368 g/mol. The van der Waals surface area contributed by atoms with Crippen LogP contribution in [-0.4, -0.2) is 25.9 Å². The van der Waals surface area contributed by atoms with Crippen molar-refractivity contribution in [2.45, 2.75) is 37.8 Å². The smallest absolute Gasteiger partial charge is 0.275 e. The number of sulfonamides is 1. The van der Waals surface area contributed by atoms with Crippen molar-refractivity contribution in [2.24, 2.45) is 0 Å². The van der Waals surface area contributed by atoms with E-state index in [1.165, 1.54) is 0 Å². The second kappa shape index (κ2) is 7.31. The molecule has 0 aliphatic carbocycles. The lowest BCUT2D eigenvalue weighted by Crippen LogP contribution is -2.34. The number of carbonyl (C=O) groups is 1. The number of thiazole rings is 1. The molecule has 0 radical (unpaired) electrons. The summed E-state index contributed by atoms with van der Waals surface area (Å²) in [5.41, 5.74) is 1.46. The molecule has 130 valence electrons. The average molecular weight is 368 g/mol. The number of aryl methyl sites for hydroxylation is 2. The van der Waals surface area contributed by atoms with Crippen LogP contribution in [0.4, 0.5) is 0 Å². The Bertz CT molecular complexity index is 842. The molecule has 1 N–H and O–H groups in total. The van der Waals surface area contributed by atoms with Crippen LogP contribution in [0.15, 0.2) is 28.5 Å². The molecule has 2 aromatic rings. The first-order chi connectivity index (χ1) is 11.2. The number of hydrogen-bond acceptors (Lipinski definition) is 6. The lowest BCUT2D eigenvalue weighted by atomic mass is 10.0. The molecular formula is C16H20N2O4S2. The third-order valence-electron chi connectivity index (χ3n) is 3.25. The first kappa shape index (κ1) is 18.4. The highest BCUT2D eigenvalue weighted by Gasteiger charge is 2.23. The zero-order valence-corrected chi connectivity index (χ0v) is 15.6. The van der Waals surface area contributed by atoms with Crippen LogP contribution in [0.3, 0.4) is 0 Å². The zero-order chi connectivity index (χ0) is 17.9. The average Bonchev–Trinajstić information content (AvgIpc) is 2.84. The Morgan fingerprint density at radius 2 is 2.04 bits per heavy atom. The highest BCUT2D eigenvalue weighted by molar-refractivity contribution is 7.92. The van der Waals surface area contributed by atoms with Gasteiger partial charge in [0.25, 0.3) is 15.9 Å². The molecular weight excluding hydrogens is 348 g/mol. The molecule has 0 atom stereocenters. The predicted molar refractivity (Wildman–Crippen MR) is 92.9 cm³/mol. The van der Waals surface area contributed by atoms with Gasteiger partial charge in [0.05, 0.1) is 10.7 Å². The Labute approximate surface area is 145 Å². The number of rotatable bonds is 6. The second-order valence-electron chi connectivity index (χ2n) is 5.65. The van der Waals surface area contributed by atoms with Crippen molar-refractivity contribution in [3.8, 4) is 5.75 Å². The largest absolute Gasteiger partial charge is 0.484 e. The molecule has 0 spiro atoms.